The van der Waals surface area contributed by atoms with Gasteiger partial charge in [0.2, 0.25) is 0 Å². The van der Waals surface area contributed by atoms with E-state index in [2.05, 4.69) is 89.2 Å². The van der Waals surface area contributed by atoms with Gasteiger partial charge in [-0.25, -0.2) is 0 Å². The van der Waals surface area contributed by atoms with Crippen molar-refractivity contribution in [3.8, 4) is 22.4 Å². The number of aliphatic hydroxyl groups excluding tert-OH is 1. The molecular weight excluding hydrogens is 839 g/mol. The van der Waals surface area contributed by atoms with Crippen LogP contribution in [0.25, 0.3) is 54.3 Å². The predicted octanol–water partition coefficient (Wildman–Crippen LogP) is 13.9. The Labute approximate surface area is 328 Å². The van der Waals surface area contributed by atoms with E-state index in [1.54, 1.807) is 11.3 Å². The van der Waals surface area contributed by atoms with Gasteiger partial charge in [0, 0.05) is 63.9 Å². The second kappa shape index (κ2) is 16.2. The quantitative estimate of drug-likeness (QED) is 0.0892. The van der Waals surface area contributed by atoms with Crippen LogP contribution in [0.5, 0.6) is 0 Å². The molecule has 0 atom stereocenters. The summed E-state index contributed by atoms with van der Waals surface area (Å²) in [6.45, 7) is 23.3. The zero-order chi connectivity index (χ0) is 37.3. The van der Waals surface area contributed by atoms with Crippen molar-refractivity contribution in [2.75, 3.05) is 0 Å². The van der Waals surface area contributed by atoms with Gasteiger partial charge in [-0.15, -0.1) is 40.5 Å². The largest absolute Gasteiger partial charge is 0.512 e. The monoisotopic (exact) mass is 893 g/mol. The predicted molar refractivity (Wildman–Crippen MR) is 218 cm³/mol. The normalized spacial score (nSPS) is 12.6. The molecule has 0 unspecified atom stereocenters. The molecule has 277 valence electrons. The maximum absolute atomic E-state index is 12.2. The molecule has 6 aromatic rings. The summed E-state index contributed by atoms with van der Waals surface area (Å²) in [7, 11) is 0. The van der Waals surface area contributed by atoms with Crippen LogP contribution in [-0.4, -0.2) is 15.9 Å². The van der Waals surface area contributed by atoms with Crippen molar-refractivity contribution < 1.29 is 34.4 Å². The first kappa shape index (κ1) is 41.2. The molecule has 3 aromatic heterocycles. The average Bonchev–Trinajstić information content (AvgIpc) is 3.69. The molecule has 0 spiro atoms. The van der Waals surface area contributed by atoms with Gasteiger partial charge >= 0.3 is 0 Å². The number of hydrogen-bond donors (Lipinski definition) is 1. The number of para-hydroxylation sites is 1. The van der Waals surface area contributed by atoms with Crippen LogP contribution in [-0.2, 0) is 30.3 Å². The van der Waals surface area contributed by atoms with Crippen LogP contribution in [0.1, 0.15) is 104 Å². The van der Waals surface area contributed by atoms with Crippen LogP contribution in [0, 0.1) is 30.7 Å². The second-order valence-corrected chi connectivity index (χ2v) is 16.7. The first-order valence-electron chi connectivity index (χ1n) is 18.4. The van der Waals surface area contributed by atoms with Crippen LogP contribution < -0.4 is 0 Å². The van der Waals surface area contributed by atoms with E-state index in [0.29, 0.717) is 0 Å². The van der Waals surface area contributed by atoms with E-state index in [0.717, 1.165) is 63.7 Å². The van der Waals surface area contributed by atoms with Gasteiger partial charge in [-0.3, -0.25) is 9.78 Å². The molecule has 0 saturated heterocycles. The molecule has 0 aliphatic carbocycles. The van der Waals surface area contributed by atoms with Gasteiger partial charge in [0.1, 0.15) is 16.2 Å². The third kappa shape index (κ3) is 8.00. The molecule has 3 aromatic carbocycles. The Bertz CT molecular complexity index is 2220. The smallest absolute Gasteiger partial charge is 0.164 e. The minimum Gasteiger partial charge on any atom is -0.512 e. The van der Waals surface area contributed by atoms with Gasteiger partial charge in [-0.05, 0) is 62.1 Å². The standard InChI is InChI=1S/C31H26NOS.C15H28O2.Ir/c1-18-19(2)34-30-29(18)24(25-17-33-28-13-9-8-12-23(25)28)16-27(32-30)21-14-20-10-6-7-11-22(20)26(15-21)31(3,4)5;1-7-14(5,8-2)12(16)11-13(17)15(6,9-3)10-4;/h6-13,15-17H,1-5H3;11,16H,7-10H2,1-6H3;/q-1;;/b;12-11-;. The molecule has 0 aliphatic heterocycles. The number of carbonyl (C=O) groups is 1. The number of allylic oxidation sites excluding steroid dienone is 2. The Kier molecular flexibility index (Phi) is 12.8. The van der Waals surface area contributed by atoms with Gasteiger partial charge in [0.15, 0.2) is 5.78 Å². The molecule has 1 N–H and O–H groups in total. The van der Waals surface area contributed by atoms with Crippen LogP contribution >= 0.6 is 11.3 Å². The summed E-state index contributed by atoms with van der Waals surface area (Å²) in [6, 6.07) is 25.0. The number of ketones is 1. The Morgan fingerprint density at radius 3 is 2.06 bits per heavy atom. The fraction of sp³-hybridized carbons (Fsp3) is 0.391. The van der Waals surface area contributed by atoms with Crippen molar-refractivity contribution in [1.82, 2.24) is 4.98 Å². The van der Waals surface area contributed by atoms with Gasteiger partial charge in [-0.1, -0.05) is 116 Å². The van der Waals surface area contributed by atoms with Crippen molar-refractivity contribution in [3.63, 3.8) is 0 Å². The number of hydrogen-bond acceptors (Lipinski definition) is 5. The van der Waals surface area contributed by atoms with Gasteiger partial charge < -0.3 is 9.52 Å². The summed E-state index contributed by atoms with van der Waals surface area (Å²) in [4.78, 5) is 19.7. The van der Waals surface area contributed by atoms with E-state index in [1.807, 2.05) is 59.9 Å². The number of carbonyl (C=O) groups excluding carboxylic acids is 1. The van der Waals surface area contributed by atoms with Crippen molar-refractivity contribution in [2.45, 2.75) is 107 Å². The van der Waals surface area contributed by atoms with Gasteiger partial charge in [0.25, 0.3) is 0 Å². The summed E-state index contributed by atoms with van der Waals surface area (Å²) in [5, 5.41) is 14.9. The van der Waals surface area contributed by atoms with E-state index in [-0.39, 0.29) is 47.9 Å². The molecule has 52 heavy (non-hydrogen) atoms. The molecule has 6 rings (SSSR count). The summed E-state index contributed by atoms with van der Waals surface area (Å²) in [5.41, 5.74) is 7.17. The Balaban J connectivity index is 0.000000289. The number of nitrogens with zero attached hydrogens (tertiary/aromatic N) is 1. The van der Waals surface area contributed by atoms with Gasteiger partial charge in [0.05, 0.1) is 6.26 Å². The molecule has 6 heteroatoms. The number of fused-ring (bicyclic) bond motifs is 3. The van der Waals surface area contributed by atoms with E-state index in [9.17, 15) is 9.90 Å². The Hall–Kier alpha value is -3.57. The van der Waals surface area contributed by atoms with Crippen LogP contribution in [0.3, 0.4) is 0 Å². The molecule has 0 aliphatic rings. The Morgan fingerprint density at radius 1 is 0.846 bits per heavy atom. The second-order valence-electron chi connectivity index (χ2n) is 15.5. The van der Waals surface area contributed by atoms with E-state index < -0.39 is 0 Å². The fourth-order valence-electron chi connectivity index (χ4n) is 6.56. The van der Waals surface area contributed by atoms with Crippen molar-refractivity contribution >= 4 is 49.1 Å². The van der Waals surface area contributed by atoms with Crippen molar-refractivity contribution in [3.05, 3.63) is 101 Å². The summed E-state index contributed by atoms with van der Waals surface area (Å²) in [5.74, 6) is 0.286. The number of rotatable bonds is 9. The summed E-state index contributed by atoms with van der Waals surface area (Å²) < 4.78 is 5.94. The van der Waals surface area contributed by atoms with Crippen molar-refractivity contribution in [2.24, 2.45) is 10.8 Å². The number of aliphatic hydroxyl groups is 1. The van der Waals surface area contributed by atoms with Crippen LogP contribution in [0.15, 0.2) is 83.2 Å². The first-order valence-corrected chi connectivity index (χ1v) is 19.2. The molecule has 0 fully saturated rings. The van der Waals surface area contributed by atoms with E-state index in [1.165, 1.54) is 38.4 Å². The topological polar surface area (TPSA) is 63.3 Å². The summed E-state index contributed by atoms with van der Waals surface area (Å²) >= 11 is 1.76. The Morgan fingerprint density at radius 2 is 1.44 bits per heavy atom. The average molecular weight is 893 g/mol. The number of furan rings is 1. The number of thiophene rings is 1. The fourth-order valence-corrected chi connectivity index (χ4v) is 7.62. The first-order chi connectivity index (χ1) is 24.1. The minimum atomic E-state index is -0.337. The molecule has 0 amide bonds. The SMILES string of the molecule is CCC(C)(CC)C(=O)/C=C(\O)C(C)(CC)CC.Cc1sc2nc(-c3[c-]c4ccccc4c(C(C)(C)C)c3)cc(-c3coc4ccccc34)c2c1C.[Ir]. The molecule has 4 nitrogen and oxygen atoms in total. The van der Waals surface area contributed by atoms with Crippen LogP contribution in [0.4, 0.5) is 0 Å². The zero-order valence-electron chi connectivity index (χ0n) is 32.7. The third-order valence-corrected chi connectivity index (χ3v) is 12.5. The third-order valence-electron chi connectivity index (χ3n) is 11.4. The van der Waals surface area contributed by atoms with Crippen LogP contribution in [0.2, 0.25) is 0 Å². The summed E-state index contributed by atoms with van der Waals surface area (Å²) in [6.07, 6.45) is 6.64. The molecule has 0 bridgehead atoms. The molecule has 1 radical (unpaired) electrons. The maximum atomic E-state index is 12.2. The number of pyridine rings is 1. The number of aryl methyl sites for hydroxylation is 2. The zero-order valence-corrected chi connectivity index (χ0v) is 35.9. The number of benzene rings is 3. The molecule has 3 heterocycles. The van der Waals surface area contributed by atoms with Gasteiger partial charge in [-0.2, -0.15) is 0 Å². The van der Waals surface area contributed by atoms with E-state index >= 15 is 0 Å². The minimum absolute atomic E-state index is 0. The number of aromatic nitrogens is 1. The van der Waals surface area contributed by atoms with Crippen molar-refractivity contribution in [1.29, 1.82) is 0 Å². The maximum Gasteiger partial charge on any atom is 0.164 e. The molecular formula is C46H54IrNO3S-. The molecule has 0 saturated carbocycles. The van der Waals surface area contributed by atoms with E-state index in [4.69, 9.17) is 9.40 Å².